The van der Waals surface area contributed by atoms with Crippen LogP contribution in [0.15, 0.2) is 4.99 Å². The summed E-state index contributed by atoms with van der Waals surface area (Å²) in [5.41, 5.74) is 0. The average Bonchev–Trinajstić information content (AvgIpc) is 2.48. The molecule has 0 aromatic carbocycles. The van der Waals surface area contributed by atoms with Gasteiger partial charge in [0.1, 0.15) is 0 Å². The van der Waals surface area contributed by atoms with Crippen LogP contribution in [-0.2, 0) is 9.47 Å². The van der Waals surface area contributed by atoms with Crippen molar-refractivity contribution in [1.29, 1.82) is 0 Å². The summed E-state index contributed by atoms with van der Waals surface area (Å²) in [7, 11) is 0. The Morgan fingerprint density at radius 1 is 1.35 bits per heavy atom. The van der Waals surface area contributed by atoms with E-state index in [-0.39, 0.29) is 0 Å². The molecule has 0 saturated carbocycles. The van der Waals surface area contributed by atoms with Gasteiger partial charge in [0.25, 0.3) is 0 Å². The topological polar surface area (TPSA) is 54.9 Å². The minimum Gasteiger partial charge on any atom is -0.381 e. The fraction of sp³-hybridized carbons (Fsp3) is 0.933. The van der Waals surface area contributed by atoms with Crippen molar-refractivity contribution in [2.75, 3.05) is 32.9 Å². The SMILES string of the molecule is CCNC(=NCCCOC1CCOCC1)NC(C)CC. The maximum atomic E-state index is 5.84. The summed E-state index contributed by atoms with van der Waals surface area (Å²) in [6.07, 6.45) is 4.51. The summed E-state index contributed by atoms with van der Waals surface area (Å²) in [5.74, 6) is 0.910. The molecule has 1 saturated heterocycles. The molecule has 20 heavy (non-hydrogen) atoms. The van der Waals surface area contributed by atoms with Gasteiger partial charge in [-0.15, -0.1) is 0 Å². The number of hydrogen-bond donors (Lipinski definition) is 2. The van der Waals surface area contributed by atoms with Gasteiger partial charge >= 0.3 is 0 Å². The van der Waals surface area contributed by atoms with Crippen molar-refractivity contribution in [3.05, 3.63) is 0 Å². The third-order valence-electron chi connectivity index (χ3n) is 3.43. The van der Waals surface area contributed by atoms with Crippen molar-refractivity contribution in [3.63, 3.8) is 0 Å². The van der Waals surface area contributed by atoms with Crippen LogP contribution in [0.1, 0.15) is 46.5 Å². The number of ether oxygens (including phenoxy) is 2. The Morgan fingerprint density at radius 2 is 2.10 bits per heavy atom. The number of nitrogens with zero attached hydrogens (tertiary/aromatic N) is 1. The van der Waals surface area contributed by atoms with Gasteiger partial charge in [-0.1, -0.05) is 6.92 Å². The number of aliphatic imine (C=N–C) groups is 1. The molecule has 0 aromatic rings. The highest BCUT2D eigenvalue weighted by atomic mass is 16.5. The highest BCUT2D eigenvalue weighted by Crippen LogP contribution is 2.10. The molecule has 1 rings (SSSR count). The van der Waals surface area contributed by atoms with Crippen LogP contribution in [0.25, 0.3) is 0 Å². The Labute approximate surface area is 123 Å². The van der Waals surface area contributed by atoms with Crippen LogP contribution in [-0.4, -0.2) is 51.0 Å². The summed E-state index contributed by atoms with van der Waals surface area (Å²) in [5, 5.41) is 6.66. The fourth-order valence-electron chi connectivity index (χ4n) is 2.00. The summed E-state index contributed by atoms with van der Waals surface area (Å²) in [4.78, 5) is 4.57. The van der Waals surface area contributed by atoms with Crippen molar-refractivity contribution in [1.82, 2.24) is 10.6 Å². The molecule has 118 valence electrons. The van der Waals surface area contributed by atoms with Crippen LogP contribution < -0.4 is 10.6 Å². The first-order chi connectivity index (χ1) is 9.76. The highest BCUT2D eigenvalue weighted by molar-refractivity contribution is 5.79. The molecule has 0 radical (unpaired) electrons. The second kappa shape index (κ2) is 10.9. The molecule has 5 nitrogen and oxygen atoms in total. The van der Waals surface area contributed by atoms with Crippen LogP contribution in [0, 0.1) is 0 Å². The van der Waals surface area contributed by atoms with E-state index in [1.807, 2.05) is 0 Å². The number of nitrogens with one attached hydrogen (secondary N) is 2. The van der Waals surface area contributed by atoms with Crippen LogP contribution in [0.2, 0.25) is 0 Å². The molecule has 1 unspecified atom stereocenters. The molecule has 0 bridgehead atoms. The minimum atomic E-state index is 0.388. The lowest BCUT2D eigenvalue weighted by atomic mass is 10.1. The second-order valence-electron chi connectivity index (χ2n) is 5.25. The van der Waals surface area contributed by atoms with E-state index in [2.05, 4.69) is 36.4 Å². The van der Waals surface area contributed by atoms with E-state index in [4.69, 9.17) is 9.47 Å². The Balaban J connectivity index is 2.15. The first-order valence-electron chi connectivity index (χ1n) is 8.00. The smallest absolute Gasteiger partial charge is 0.191 e. The summed E-state index contributed by atoms with van der Waals surface area (Å²) < 4.78 is 11.2. The van der Waals surface area contributed by atoms with Crippen LogP contribution >= 0.6 is 0 Å². The van der Waals surface area contributed by atoms with E-state index in [0.717, 1.165) is 64.6 Å². The number of guanidine groups is 1. The van der Waals surface area contributed by atoms with E-state index < -0.39 is 0 Å². The predicted molar refractivity (Wildman–Crippen MR) is 83.3 cm³/mol. The summed E-state index contributed by atoms with van der Waals surface area (Å²) in [6, 6.07) is 0.450. The van der Waals surface area contributed by atoms with Gasteiger partial charge in [0.05, 0.1) is 6.10 Å². The molecule has 5 heteroatoms. The predicted octanol–water partition coefficient (Wildman–Crippen LogP) is 1.93. The monoisotopic (exact) mass is 285 g/mol. The zero-order chi connectivity index (χ0) is 14.6. The first-order valence-corrected chi connectivity index (χ1v) is 8.00. The molecule has 0 spiro atoms. The average molecular weight is 285 g/mol. The highest BCUT2D eigenvalue weighted by Gasteiger charge is 2.13. The molecule has 0 aromatic heterocycles. The van der Waals surface area contributed by atoms with E-state index in [1.165, 1.54) is 0 Å². The molecular formula is C15H31N3O2. The summed E-state index contributed by atoms with van der Waals surface area (Å²) in [6.45, 7) is 10.6. The second-order valence-corrected chi connectivity index (χ2v) is 5.25. The van der Waals surface area contributed by atoms with Gasteiger partial charge in [0.15, 0.2) is 5.96 Å². The molecule has 1 heterocycles. The van der Waals surface area contributed by atoms with Gasteiger partial charge in [0, 0.05) is 39.0 Å². The zero-order valence-corrected chi connectivity index (χ0v) is 13.3. The van der Waals surface area contributed by atoms with E-state index in [9.17, 15) is 0 Å². The molecule has 2 N–H and O–H groups in total. The van der Waals surface area contributed by atoms with Crippen molar-refractivity contribution < 1.29 is 9.47 Å². The lowest BCUT2D eigenvalue weighted by molar-refractivity contribution is -0.0318. The third-order valence-corrected chi connectivity index (χ3v) is 3.43. The molecule has 1 aliphatic heterocycles. The van der Waals surface area contributed by atoms with Crippen molar-refractivity contribution in [2.45, 2.75) is 58.6 Å². The van der Waals surface area contributed by atoms with Crippen LogP contribution in [0.3, 0.4) is 0 Å². The van der Waals surface area contributed by atoms with Gasteiger partial charge in [-0.25, -0.2) is 0 Å². The first kappa shape index (κ1) is 17.2. The maximum absolute atomic E-state index is 5.84. The molecular weight excluding hydrogens is 254 g/mol. The number of rotatable bonds is 8. The molecule has 0 aliphatic carbocycles. The van der Waals surface area contributed by atoms with Gasteiger partial charge in [0.2, 0.25) is 0 Å². The maximum Gasteiger partial charge on any atom is 0.191 e. The summed E-state index contributed by atoms with van der Waals surface area (Å²) >= 11 is 0. The minimum absolute atomic E-state index is 0.388. The lowest BCUT2D eigenvalue weighted by Crippen LogP contribution is -2.42. The molecule has 0 amide bonds. The number of hydrogen-bond acceptors (Lipinski definition) is 3. The standard InChI is InChI=1S/C15H31N3O2/c1-4-13(3)18-15(16-5-2)17-9-6-10-20-14-7-11-19-12-8-14/h13-14H,4-12H2,1-3H3,(H2,16,17,18). The normalized spacial score (nSPS) is 18.9. The third kappa shape index (κ3) is 7.70. The Morgan fingerprint density at radius 3 is 2.75 bits per heavy atom. The molecule has 1 aliphatic rings. The van der Waals surface area contributed by atoms with Crippen LogP contribution in [0.5, 0.6) is 0 Å². The van der Waals surface area contributed by atoms with E-state index >= 15 is 0 Å². The van der Waals surface area contributed by atoms with Crippen LogP contribution in [0.4, 0.5) is 0 Å². The van der Waals surface area contributed by atoms with Gasteiger partial charge in [-0.05, 0) is 39.5 Å². The largest absolute Gasteiger partial charge is 0.381 e. The van der Waals surface area contributed by atoms with E-state index in [1.54, 1.807) is 0 Å². The Bertz CT molecular complexity index is 266. The molecule has 1 fully saturated rings. The fourth-order valence-corrected chi connectivity index (χ4v) is 2.00. The zero-order valence-electron chi connectivity index (χ0n) is 13.3. The Hall–Kier alpha value is -0.810. The quantitative estimate of drug-likeness (QED) is 0.406. The van der Waals surface area contributed by atoms with Crippen molar-refractivity contribution in [2.24, 2.45) is 4.99 Å². The molecule has 1 atom stereocenters. The van der Waals surface area contributed by atoms with Gasteiger partial charge in [-0.3, -0.25) is 4.99 Å². The lowest BCUT2D eigenvalue weighted by Gasteiger charge is -2.22. The van der Waals surface area contributed by atoms with E-state index in [0.29, 0.717) is 12.1 Å². The van der Waals surface area contributed by atoms with Crippen molar-refractivity contribution >= 4 is 5.96 Å². The van der Waals surface area contributed by atoms with Gasteiger partial charge < -0.3 is 20.1 Å². The van der Waals surface area contributed by atoms with Crippen molar-refractivity contribution in [3.8, 4) is 0 Å². The Kier molecular flexibility index (Phi) is 9.41. The van der Waals surface area contributed by atoms with Gasteiger partial charge in [-0.2, -0.15) is 0 Å².